The largest absolute Gasteiger partial charge is 0 e. The molecule has 0 spiro atoms. The summed E-state index contributed by atoms with van der Waals surface area (Å²) in [4.78, 5) is 0. The molecule has 0 saturated carbocycles. The molecule has 0 fully saturated rings. The van der Waals surface area contributed by atoms with E-state index in [1.807, 2.05) is 888 Å². The topological polar surface area (TPSA) is 0 Å². The first-order valence-corrected chi connectivity index (χ1v) is 172. The monoisotopic (exact) mass is 3710 g/mol. The maximum absolute atomic E-state index is 4.83. The van der Waals surface area contributed by atoms with Crippen LogP contribution in [0.15, 0.2) is 0 Å². The maximum atomic E-state index is 4.83. The predicted molar refractivity (Wildman–Crippen MR) is 854 cm³/mol. The minimum absolute atomic E-state index is 1.37. The lowest BCUT2D eigenvalue weighted by molar-refractivity contribution is 5.95. The Morgan fingerprint density at radius 3 is 0.0948 bits per heavy atom. The van der Waals surface area contributed by atoms with E-state index in [9.17, 15) is 0 Å². The van der Waals surface area contributed by atoms with E-state index < -0.39 is 0 Å². The molecule has 0 aromatic carbocycles. The molecule has 0 unspecified atom stereocenters. The van der Waals surface area contributed by atoms with E-state index in [1.54, 1.807) is 107 Å². The summed E-state index contributed by atoms with van der Waals surface area (Å²) >= 11 is 9.67. The Balaban J connectivity index is 6.19. The van der Waals surface area contributed by atoms with Crippen molar-refractivity contribution in [3.05, 3.63) is 0 Å². The molecule has 0 N–H and O–H groups in total. The van der Waals surface area contributed by atoms with Crippen molar-refractivity contribution in [3.8, 4) is 0 Å². The second-order valence-corrected chi connectivity index (χ2v) is 209. The molecule has 0 amide bonds. The van der Waals surface area contributed by atoms with E-state index >= 15 is 0 Å². The van der Waals surface area contributed by atoms with Crippen molar-refractivity contribution in [3.63, 3.8) is 0 Å². The van der Waals surface area contributed by atoms with Crippen molar-refractivity contribution in [2.24, 2.45) is 0 Å². The number of hydrogen-bond acceptors (Lipinski definition) is 2. The SMILES string of the molecule is S=S=S=S=S=S=S=S=S=S=S=S=S=S=S=S=S=S=S=S=S=S=S=S=S=S=S=S=S=S=S=S=S=S=S=S=S=S=S=S=S=S=S=S=S=S=S=S=S=S=S=S=S=S=S=S=S=S=S=S=S=S=S=S=S=S=S=S=S=S=S=S=S=S=S=S=S=S=S=S=S=S=S=S=S=S=S=S=S=S=S=S=S=S=S=S=S=S=S=S=S=S=S=S=S=S=S=S=S=S=S=S=S=S=S=S. The van der Waals surface area contributed by atoms with Crippen LogP contribution >= 0.6 is 0 Å². The minimum Gasteiger partial charge on any atom is 0 e. The van der Waals surface area contributed by atoms with Gasteiger partial charge in [-0.2, -0.15) is 0 Å². The highest BCUT2D eigenvalue weighted by atomic mass is 33.6. The predicted octanol–water partition coefficient (Wildman–Crippen LogP) is -0.278. The lowest BCUT2D eigenvalue weighted by Gasteiger charge is -1.41. The van der Waals surface area contributed by atoms with Gasteiger partial charge in [0.1, 0.15) is 0 Å². The smallest absolute Gasteiger partial charge is 0 e. The second-order valence-electron chi connectivity index (χ2n) is 7.76. The first kappa shape index (κ1) is 142. The van der Waals surface area contributed by atoms with Crippen LogP contribution in [0.4, 0.5) is 0 Å². The lowest BCUT2D eigenvalue weighted by atomic mass is 30.7. The number of rotatable bonds is 0. The van der Waals surface area contributed by atoms with Crippen molar-refractivity contribution in [2.45, 2.75) is 0 Å². The van der Waals surface area contributed by atoms with Gasteiger partial charge in [0.15, 0.2) is 0 Å². The molecule has 696 valence electrons. The van der Waals surface area contributed by atoms with Crippen molar-refractivity contribution in [1.82, 2.24) is 0 Å². The molecule has 0 radical (unpaired) electrons. The van der Waals surface area contributed by atoms with E-state index in [0.29, 0.717) is 0 Å². The fraction of sp³-hybridized carbons (Fsp3) is 0. The molecule has 0 bridgehead atoms. The van der Waals surface area contributed by atoms with Crippen molar-refractivity contribution < 1.29 is 0 Å². The molecule has 0 saturated heterocycles. The molecular formula is S116. The quantitative estimate of drug-likeness (QED) is 0.328. The highest BCUT2D eigenvalue weighted by molar-refractivity contribution is 8.89. The molecule has 0 heterocycles. The third-order valence-electron chi connectivity index (χ3n) is 3.14. The van der Waals surface area contributed by atoms with Gasteiger partial charge in [-0.25, -0.2) is 0 Å². The molecular weight excluding hydrogens is 3720 g/mol. The summed E-state index contributed by atoms with van der Waals surface area (Å²) < 4.78 is 0. The zero-order valence-electron chi connectivity index (χ0n) is 47.4. The summed E-state index contributed by atoms with van der Waals surface area (Å²) in [5.41, 5.74) is 0. The molecule has 0 nitrogen and oxygen atoms in total. The van der Waals surface area contributed by atoms with Gasteiger partial charge >= 0.3 is 0 Å². The molecule has 0 aromatic heterocycles. The molecule has 116 heavy (non-hydrogen) atoms. The third-order valence-corrected chi connectivity index (χ3v) is 254. The lowest BCUT2D eigenvalue weighted by Crippen LogP contribution is -1.42. The van der Waals surface area contributed by atoms with Crippen molar-refractivity contribution >= 4 is 1030 Å². The molecule has 0 atom stereocenters. The van der Waals surface area contributed by atoms with E-state index in [0.717, 1.165) is 0 Å². The standard InChI is InChI=1S/S116/c1-3-5-7-9-11-13-15-17-19-21-23-25-27-29-31-33-35-37-39-41-43-45-47-49-51-53-55-57-59-61-63-65-67-69-71-73-75-77-79-81-83-85-87-89-91-93-95-97-99-101-103-105-107-109-111-113-115-116-114-112-110-108-106-104-102-100-98-96-94-92-90-88-86-84-82-80-78-76-74-72-70-68-66-64-62-60-58-56-54-52-50-48-46-44-42-40-38-36-34-32-30-28-26-24-22-20-18-16-14-12-10-8-6-4-2. The van der Waals surface area contributed by atoms with Gasteiger partial charge in [0.2, 0.25) is 0 Å². The van der Waals surface area contributed by atoms with Crippen LogP contribution in [-0.2, 0) is 1030 Å². The van der Waals surface area contributed by atoms with Crippen LogP contribution < -0.4 is 0 Å². The van der Waals surface area contributed by atoms with E-state index in [-0.39, 0.29) is 0 Å². The molecule has 0 rings (SSSR count). The maximum Gasteiger partial charge on any atom is 0 e. The summed E-state index contributed by atoms with van der Waals surface area (Å²) in [6, 6.07) is 0. The normalized spacial score (nSPS) is 7.90. The average Bonchev–Trinajstić information content (AvgIpc) is 1.67. The summed E-state index contributed by atoms with van der Waals surface area (Å²) in [7, 11) is 207. The summed E-state index contributed by atoms with van der Waals surface area (Å²) in [5, 5.41) is 0. The third kappa shape index (κ3) is 140. The van der Waals surface area contributed by atoms with Gasteiger partial charge in [-0.15, -0.1) is 0 Å². The van der Waals surface area contributed by atoms with Crippen LogP contribution in [0.5, 0.6) is 0 Å². The summed E-state index contributed by atoms with van der Waals surface area (Å²) in [5.74, 6) is 0. The highest BCUT2D eigenvalue weighted by Gasteiger charge is 1.52. The summed E-state index contributed by atoms with van der Waals surface area (Å²) in [6.07, 6.45) is 0. The van der Waals surface area contributed by atoms with Crippen LogP contribution in [0.3, 0.4) is 0 Å². The van der Waals surface area contributed by atoms with Crippen molar-refractivity contribution in [2.75, 3.05) is 0 Å². The first-order valence-electron chi connectivity index (χ1n) is 19.2. The van der Waals surface area contributed by atoms with Crippen LogP contribution in [0.1, 0.15) is 0 Å². The first-order chi connectivity index (χ1) is 57.9. The van der Waals surface area contributed by atoms with Crippen LogP contribution in [0.2, 0.25) is 0 Å². The van der Waals surface area contributed by atoms with E-state index in [1.165, 1.54) is 17.8 Å². The van der Waals surface area contributed by atoms with Gasteiger partial charge in [-0.05, 0) is 0 Å². The molecule has 0 aliphatic heterocycles. The Kier molecular flexibility index (Phi) is 171. The van der Waals surface area contributed by atoms with Crippen molar-refractivity contribution in [1.29, 1.82) is 0 Å². The zero-order valence-corrected chi connectivity index (χ0v) is 142. The van der Waals surface area contributed by atoms with E-state index in [2.05, 4.69) is 0 Å². The van der Waals surface area contributed by atoms with Crippen LogP contribution in [-0.4, -0.2) is 0 Å². The highest BCUT2D eigenvalue weighted by Crippen LogP contribution is 1.52. The zero-order chi connectivity index (χ0) is 82.6. The second kappa shape index (κ2) is 141. The van der Waals surface area contributed by atoms with Crippen LogP contribution in [0, 0.1) is 0 Å². The Labute approximate surface area is 1000 Å². The van der Waals surface area contributed by atoms with Gasteiger partial charge in [0.25, 0.3) is 0 Å². The van der Waals surface area contributed by atoms with Gasteiger partial charge < -0.3 is 0 Å². The molecule has 116 heteroatoms. The van der Waals surface area contributed by atoms with Gasteiger partial charge in [-0.1, -0.05) is 0 Å². The average molecular weight is 3720 g/mol. The van der Waals surface area contributed by atoms with Gasteiger partial charge in [0.05, 0.1) is 0 Å². The van der Waals surface area contributed by atoms with Gasteiger partial charge in [0, 0.05) is 1030 Å². The fourth-order valence-electron chi connectivity index (χ4n) is 1.27. The molecule has 0 aliphatic carbocycles. The Hall–Kier alpha value is 25.5. The minimum atomic E-state index is 1.37. The van der Waals surface area contributed by atoms with Crippen LogP contribution in [0.25, 0.3) is 0 Å². The Bertz CT molecular complexity index is 8730. The Morgan fingerprint density at radius 2 is 0.0690 bits per heavy atom. The number of hydrogen-bond donors (Lipinski definition) is 0. The summed E-state index contributed by atoms with van der Waals surface area (Å²) in [6.45, 7) is 0. The van der Waals surface area contributed by atoms with Gasteiger partial charge in [-0.3, -0.25) is 0 Å². The van der Waals surface area contributed by atoms with E-state index in [4.69, 9.17) is 22.4 Å². The fourth-order valence-corrected chi connectivity index (χ4v) is 309. The Morgan fingerprint density at radius 1 is 0.0431 bits per heavy atom. The molecule has 0 aliphatic rings. The molecule has 0 aromatic rings.